The first kappa shape index (κ1) is 15.4. The molecule has 0 spiro atoms. The fourth-order valence-electron chi connectivity index (χ4n) is 1.56. The van der Waals surface area contributed by atoms with Crippen molar-refractivity contribution in [3.63, 3.8) is 0 Å². The molecule has 6 heteroatoms. The van der Waals surface area contributed by atoms with Crippen LogP contribution in [-0.2, 0) is 11.3 Å². The molecule has 0 atom stereocenters. The lowest BCUT2D eigenvalue weighted by molar-refractivity contribution is -0.134. The van der Waals surface area contributed by atoms with Crippen molar-refractivity contribution >= 4 is 5.91 Å². The summed E-state index contributed by atoms with van der Waals surface area (Å²) in [5.41, 5.74) is 6.47. The molecule has 0 unspecified atom stereocenters. The number of benzene rings is 1. The van der Waals surface area contributed by atoms with Crippen LogP contribution in [0, 0.1) is 0 Å². The van der Waals surface area contributed by atoms with Gasteiger partial charge < -0.3 is 25.6 Å². The van der Waals surface area contributed by atoms with Crippen molar-refractivity contribution in [1.29, 1.82) is 0 Å². The van der Waals surface area contributed by atoms with Crippen LogP contribution in [0.1, 0.15) is 5.56 Å². The second-order valence-corrected chi connectivity index (χ2v) is 3.96. The Morgan fingerprint density at radius 2 is 1.74 bits per heavy atom. The highest BCUT2D eigenvalue weighted by molar-refractivity contribution is 5.77. The first-order valence-electron chi connectivity index (χ1n) is 6.12. The number of nitrogens with zero attached hydrogens (tertiary/aromatic N) is 1. The Morgan fingerprint density at radius 3 is 2.21 bits per heavy atom. The van der Waals surface area contributed by atoms with E-state index in [-0.39, 0.29) is 38.8 Å². The smallest absolute Gasteiger partial charge is 0.260 e. The van der Waals surface area contributed by atoms with E-state index in [0.717, 1.165) is 5.56 Å². The molecule has 1 aromatic carbocycles. The maximum absolute atomic E-state index is 11.8. The van der Waals surface area contributed by atoms with Crippen LogP contribution in [0.4, 0.5) is 0 Å². The van der Waals surface area contributed by atoms with Crippen LogP contribution in [0.25, 0.3) is 0 Å². The Kier molecular flexibility index (Phi) is 6.88. The molecule has 0 fully saturated rings. The number of aliphatic hydroxyl groups is 2. The molecule has 4 N–H and O–H groups in total. The average molecular weight is 268 g/mol. The van der Waals surface area contributed by atoms with Crippen LogP contribution in [-0.4, -0.2) is 53.9 Å². The van der Waals surface area contributed by atoms with Gasteiger partial charge in [-0.3, -0.25) is 4.79 Å². The van der Waals surface area contributed by atoms with E-state index in [1.54, 1.807) is 12.1 Å². The van der Waals surface area contributed by atoms with Gasteiger partial charge in [0.05, 0.1) is 13.2 Å². The largest absolute Gasteiger partial charge is 0.484 e. The molecule has 6 nitrogen and oxygen atoms in total. The number of aliphatic hydroxyl groups excluding tert-OH is 2. The zero-order valence-corrected chi connectivity index (χ0v) is 10.8. The van der Waals surface area contributed by atoms with Gasteiger partial charge in [0.2, 0.25) is 0 Å². The fourth-order valence-corrected chi connectivity index (χ4v) is 1.56. The van der Waals surface area contributed by atoms with E-state index in [1.807, 2.05) is 12.1 Å². The third kappa shape index (κ3) is 5.25. The van der Waals surface area contributed by atoms with Gasteiger partial charge in [-0.05, 0) is 17.7 Å². The van der Waals surface area contributed by atoms with E-state index >= 15 is 0 Å². The first-order valence-corrected chi connectivity index (χ1v) is 6.12. The Morgan fingerprint density at radius 1 is 1.16 bits per heavy atom. The Balaban J connectivity index is 2.46. The molecule has 19 heavy (non-hydrogen) atoms. The normalized spacial score (nSPS) is 10.3. The molecule has 0 aliphatic heterocycles. The number of nitrogens with two attached hydrogens (primary N) is 1. The number of ether oxygens (including phenoxy) is 1. The zero-order valence-electron chi connectivity index (χ0n) is 10.8. The summed E-state index contributed by atoms with van der Waals surface area (Å²) in [5.74, 6) is 0.310. The van der Waals surface area contributed by atoms with Crippen molar-refractivity contribution in [3.8, 4) is 5.75 Å². The molecule has 1 aromatic rings. The molecule has 0 saturated heterocycles. The number of carbonyl (C=O) groups excluding carboxylic acids is 1. The molecular formula is C13H20N2O4. The highest BCUT2D eigenvalue weighted by Crippen LogP contribution is 2.11. The number of amides is 1. The standard InChI is InChI=1S/C13H20N2O4/c14-9-11-1-3-12(4-2-11)19-10-13(18)15(5-7-16)6-8-17/h1-4,16-17H,5-10,14H2. The summed E-state index contributed by atoms with van der Waals surface area (Å²) in [6, 6.07) is 7.16. The molecular weight excluding hydrogens is 248 g/mol. The summed E-state index contributed by atoms with van der Waals surface area (Å²) < 4.78 is 5.35. The van der Waals surface area contributed by atoms with E-state index in [1.165, 1.54) is 4.90 Å². The fraction of sp³-hybridized carbons (Fsp3) is 0.462. The second-order valence-electron chi connectivity index (χ2n) is 3.96. The van der Waals surface area contributed by atoms with Gasteiger partial charge in [-0.1, -0.05) is 12.1 Å². The topological polar surface area (TPSA) is 96.0 Å². The van der Waals surface area contributed by atoms with Gasteiger partial charge in [0, 0.05) is 19.6 Å². The molecule has 0 bridgehead atoms. The lowest BCUT2D eigenvalue weighted by Crippen LogP contribution is -2.38. The third-order valence-electron chi connectivity index (χ3n) is 2.61. The molecule has 106 valence electrons. The minimum atomic E-state index is -0.272. The molecule has 0 aliphatic rings. The van der Waals surface area contributed by atoms with E-state index < -0.39 is 0 Å². The molecule has 1 amide bonds. The van der Waals surface area contributed by atoms with Gasteiger partial charge in [0.1, 0.15) is 5.75 Å². The van der Waals surface area contributed by atoms with E-state index in [0.29, 0.717) is 12.3 Å². The maximum atomic E-state index is 11.8. The lowest BCUT2D eigenvalue weighted by atomic mass is 10.2. The van der Waals surface area contributed by atoms with E-state index in [9.17, 15) is 4.79 Å². The summed E-state index contributed by atoms with van der Waals surface area (Å²) in [7, 11) is 0. The molecule has 0 saturated carbocycles. The SMILES string of the molecule is NCc1ccc(OCC(=O)N(CCO)CCO)cc1. The molecule has 0 radical (unpaired) electrons. The quantitative estimate of drug-likeness (QED) is 0.581. The number of hydrogen-bond acceptors (Lipinski definition) is 5. The Labute approximate surface area is 112 Å². The van der Waals surface area contributed by atoms with Crippen molar-refractivity contribution in [3.05, 3.63) is 29.8 Å². The summed E-state index contributed by atoms with van der Waals surface area (Å²) in [6.07, 6.45) is 0. The average Bonchev–Trinajstić information content (AvgIpc) is 2.45. The summed E-state index contributed by atoms with van der Waals surface area (Å²) in [5, 5.41) is 17.7. The second kappa shape index (κ2) is 8.47. The third-order valence-corrected chi connectivity index (χ3v) is 2.61. The summed E-state index contributed by atoms with van der Waals surface area (Å²) in [6.45, 7) is 0.430. The van der Waals surface area contributed by atoms with Gasteiger partial charge in [0.25, 0.3) is 5.91 Å². The van der Waals surface area contributed by atoms with Crippen LogP contribution >= 0.6 is 0 Å². The molecule has 0 aliphatic carbocycles. The van der Waals surface area contributed by atoms with E-state index in [4.69, 9.17) is 20.7 Å². The number of hydrogen-bond donors (Lipinski definition) is 3. The summed E-state index contributed by atoms with van der Waals surface area (Å²) in [4.78, 5) is 13.1. The molecule has 1 rings (SSSR count). The highest BCUT2D eigenvalue weighted by Gasteiger charge is 2.12. The minimum Gasteiger partial charge on any atom is -0.484 e. The van der Waals surface area contributed by atoms with Gasteiger partial charge >= 0.3 is 0 Å². The van der Waals surface area contributed by atoms with Gasteiger partial charge in [-0.2, -0.15) is 0 Å². The van der Waals surface area contributed by atoms with Crippen LogP contribution in [0.5, 0.6) is 5.75 Å². The van der Waals surface area contributed by atoms with E-state index in [2.05, 4.69) is 0 Å². The van der Waals surface area contributed by atoms with Crippen LogP contribution in [0.3, 0.4) is 0 Å². The van der Waals surface area contributed by atoms with Gasteiger partial charge in [-0.25, -0.2) is 0 Å². The predicted octanol–water partition coefficient (Wildman–Crippen LogP) is -0.663. The van der Waals surface area contributed by atoms with Gasteiger partial charge in [0.15, 0.2) is 6.61 Å². The summed E-state index contributed by atoms with van der Waals surface area (Å²) >= 11 is 0. The van der Waals surface area contributed by atoms with Gasteiger partial charge in [-0.15, -0.1) is 0 Å². The monoisotopic (exact) mass is 268 g/mol. The van der Waals surface area contributed by atoms with Crippen molar-refractivity contribution in [1.82, 2.24) is 4.90 Å². The van der Waals surface area contributed by atoms with Crippen LogP contribution in [0.15, 0.2) is 24.3 Å². The maximum Gasteiger partial charge on any atom is 0.260 e. The van der Waals surface area contributed by atoms with Crippen LogP contribution < -0.4 is 10.5 Å². The van der Waals surface area contributed by atoms with Crippen molar-refractivity contribution < 1.29 is 19.7 Å². The van der Waals surface area contributed by atoms with Crippen LogP contribution in [0.2, 0.25) is 0 Å². The molecule has 0 aromatic heterocycles. The highest BCUT2D eigenvalue weighted by atomic mass is 16.5. The number of carbonyl (C=O) groups is 1. The predicted molar refractivity (Wildman–Crippen MR) is 70.6 cm³/mol. The van der Waals surface area contributed by atoms with Crippen molar-refractivity contribution in [2.45, 2.75) is 6.54 Å². The molecule has 0 heterocycles. The van der Waals surface area contributed by atoms with Crippen molar-refractivity contribution in [2.75, 3.05) is 32.9 Å². The lowest BCUT2D eigenvalue weighted by Gasteiger charge is -2.20. The zero-order chi connectivity index (χ0) is 14.1. The number of rotatable bonds is 8. The Hall–Kier alpha value is -1.63. The van der Waals surface area contributed by atoms with Crippen molar-refractivity contribution in [2.24, 2.45) is 5.73 Å². The minimum absolute atomic E-state index is 0.123. The Bertz CT molecular complexity index is 375. The first-order chi connectivity index (χ1) is 9.21.